The van der Waals surface area contributed by atoms with Crippen LogP contribution in [-0.2, 0) is 9.59 Å². The topological polar surface area (TPSA) is 75.6 Å². The molecule has 0 unspecified atom stereocenters. The van der Waals surface area contributed by atoms with Crippen molar-refractivity contribution in [1.82, 2.24) is 0 Å². The van der Waals surface area contributed by atoms with E-state index >= 15 is 0 Å². The van der Waals surface area contributed by atoms with Crippen molar-refractivity contribution >= 4 is 17.6 Å². The minimum Gasteiger partial charge on any atom is -0.489 e. The molecule has 5 nitrogen and oxygen atoms in total. The number of anilines is 1. The summed E-state index contributed by atoms with van der Waals surface area (Å²) in [5, 5.41) is 11.9. The third kappa shape index (κ3) is 5.13. The highest BCUT2D eigenvalue weighted by Gasteiger charge is 2.29. The molecule has 1 aliphatic rings. The summed E-state index contributed by atoms with van der Waals surface area (Å²) in [4.78, 5) is 23.3. The van der Waals surface area contributed by atoms with Crippen LogP contribution in [0.25, 0.3) is 0 Å². The summed E-state index contributed by atoms with van der Waals surface area (Å²) >= 11 is 0. The van der Waals surface area contributed by atoms with Crippen LogP contribution in [0.4, 0.5) is 5.69 Å². The molecule has 1 aromatic rings. The maximum atomic E-state index is 12.3. The number of rotatable bonds is 6. The number of carbonyl (C=O) groups excluding carboxylic acids is 1. The molecule has 0 heterocycles. The molecule has 1 fully saturated rings. The number of carboxylic acid groups (broad SMARTS) is 1. The molecule has 2 N–H and O–H groups in total. The molecule has 1 aromatic carbocycles. The van der Waals surface area contributed by atoms with Gasteiger partial charge in [-0.25, -0.2) is 0 Å². The number of carboxylic acids is 1. The SMILES string of the molecule is C=C(C)COc1cccc(NC(=O)C2CCC(C(=O)O)CC2)c1. The van der Waals surface area contributed by atoms with Crippen molar-refractivity contribution in [2.24, 2.45) is 11.8 Å². The number of nitrogens with one attached hydrogen (secondary N) is 1. The molecule has 0 spiro atoms. The van der Waals surface area contributed by atoms with Crippen LogP contribution in [-0.4, -0.2) is 23.6 Å². The smallest absolute Gasteiger partial charge is 0.306 e. The average Bonchev–Trinajstić information content (AvgIpc) is 2.53. The van der Waals surface area contributed by atoms with E-state index in [0.29, 0.717) is 43.7 Å². The van der Waals surface area contributed by atoms with E-state index in [9.17, 15) is 9.59 Å². The van der Waals surface area contributed by atoms with Crippen LogP contribution >= 0.6 is 0 Å². The zero-order valence-corrected chi connectivity index (χ0v) is 13.4. The molecule has 2 rings (SSSR count). The summed E-state index contributed by atoms with van der Waals surface area (Å²) in [6, 6.07) is 7.25. The normalized spacial score (nSPS) is 20.6. The Labute approximate surface area is 136 Å². The summed E-state index contributed by atoms with van der Waals surface area (Å²) in [5.41, 5.74) is 1.62. The number of carbonyl (C=O) groups is 2. The largest absolute Gasteiger partial charge is 0.489 e. The van der Waals surface area contributed by atoms with Gasteiger partial charge in [-0.3, -0.25) is 9.59 Å². The minimum absolute atomic E-state index is 0.0501. The van der Waals surface area contributed by atoms with Gasteiger partial charge in [0.05, 0.1) is 5.92 Å². The maximum Gasteiger partial charge on any atom is 0.306 e. The number of hydrogen-bond donors (Lipinski definition) is 2. The van der Waals surface area contributed by atoms with Crippen LogP contribution in [0.5, 0.6) is 5.75 Å². The summed E-state index contributed by atoms with van der Waals surface area (Å²) in [7, 11) is 0. The number of hydrogen-bond acceptors (Lipinski definition) is 3. The van der Waals surface area contributed by atoms with E-state index in [1.165, 1.54) is 0 Å². The first-order valence-electron chi connectivity index (χ1n) is 7.86. The number of ether oxygens (including phenoxy) is 1. The van der Waals surface area contributed by atoms with Crippen molar-refractivity contribution in [3.8, 4) is 5.75 Å². The van der Waals surface area contributed by atoms with Gasteiger partial charge in [-0.15, -0.1) is 0 Å². The zero-order valence-electron chi connectivity index (χ0n) is 13.4. The van der Waals surface area contributed by atoms with Gasteiger partial charge in [-0.2, -0.15) is 0 Å². The summed E-state index contributed by atoms with van der Waals surface area (Å²) in [6.45, 7) is 6.11. The van der Waals surface area contributed by atoms with Crippen molar-refractivity contribution in [2.45, 2.75) is 32.6 Å². The van der Waals surface area contributed by atoms with Crippen LogP contribution in [0.15, 0.2) is 36.4 Å². The van der Waals surface area contributed by atoms with Crippen molar-refractivity contribution in [1.29, 1.82) is 0 Å². The maximum absolute atomic E-state index is 12.3. The Kier molecular flexibility index (Phi) is 5.79. The van der Waals surface area contributed by atoms with Crippen molar-refractivity contribution in [3.63, 3.8) is 0 Å². The molecule has 0 atom stereocenters. The van der Waals surface area contributed by atoms with E-state index in [-0.39, 0.29) is 17.7 Å². The van der Waals surface area contributed by atoms with Gasteiger partial charge in [0.15, 0.2) is 0 Å². The second-order valence-electron chi connectivity index (χ2n) is 6.15. The van der Waals surface area contributed by atoms with E-state index in [0.717, 1.165) is 5.57 Å². The Balaban J connectivity index is 1.89. The zero-order chi connectivity index (χ0) is 16.8. The molecule has 1 aliphatic carbocycles. The third-order valence-electron chi connectivity index (χ3n) is 4.03. The monoisotopic (exact) mass is 317 g/mol. The van der Waals surface area contributed by atoms with Crippen LogP contribution in [0, 0.1) is 11.8 Å². The van der Waals surface area contributed by atoms with Crippen LogP contribution < -0.4 is 10.1 Å². The van der Waals surface area contributed by atoms with Crippen molar-refractivity contribution in [3.05, 3.63) is 36.4 Å². The quantitative estimate of drug-likeness (QED) is 0.788. The van der Waals surface area contributed by atoms with E-state index in [1.54, 1.807) is 6.07 Å². The van der Waals surface area contributed by atoms with Crippen molar-refractivity contribution in [2.75, 3.05) is 11.9 Å². The van der Waals surface area contributed by atoms with E-state index < -0.39 is 5.97 Å². The lowest BCUT2D eigenvalue weighted by atomic mass is 9.81. The fraction of sp³-hybridized carbons (Fsp3) is 0.444. The molecule has 5 heteroatoms. The fourth-order valence-corrected chi connectivity index (χ4v) is 2.72. The second kappa shape index (κ2) is 7.81. The molecule has 124 valence electrons. The lowest BCUT2D eigenvalue weighted by Crippen LogP contribution is -2.29. The molecule has 1 saturated carbocycles. The van der Waals surface area contributed by atoms with Crippen molar-refractivity contribution < 1.29 is 19.4 Å². The Morgan fingerprint density at radius 3 is 2.52 bits per heavy atom. The molecular weight excluding hydrogens is 294 g/mol. The Morgan fingerprint density at radius 1 is 1.26 bits per heavy atom. The first-order valence-corrected chi connectivity index (χ1v) is 7.86. The lowest BCUT2D eigenvalue weighted by Gasteiger charge is -2.25. The summed E-state index contributed by atoms with van der Waals surface area (Å²) in [6.07, 6.45) is 2.37. The summed E-state index contributed by atoms with van der Waals surface area (Å²) in [5.74, 6) is -0.555. The van der Waals surface area contributed by atoms with Crippen LogP contribution in [0.2, 0.25) is 0 Å². The van der Waals surface area contributed by atoms with Gasteiger partial charge in [-0.1, -0.05) is 12.6 Å². The molecular formula is C18H23NO4. The van der Waals surface area contributed by atoms with Gasteiger partial charge in [0.25, 0.3) is 0 Å². The minimum atomic E-state index is -0.758. The van der Waals surface area contributed by atoms with Gasteiger partial charge in [0, 0.05) is 17.7 Å². The average molecular weight is 317 g/mol. The Bertz CT molecular complexity index is 588. The molecule has 0 aliphatic heterocycles. The molecule has 23 heavy (non-hydrogen) atoms. The first kappa shape index (κ1) is 17.1. The Hall–Kier alpha value is -2.30. The molecule has 1 amide bonds. The Morgan fingerprint density at radius 2 is 1.91 bits per heavy atom. The highest BCUT2D eigenvalue weighted by atomic mass is 16.5. The van der Waals surface area contributed by atoms with E-state index in [4.69, 9.17) is 9.84 Å². The number of amides is 1. The van der Waals surface area contributed by atoms with Gasteiger partial charge in [0.1, 0.15) is 12.4 Å². The van der Waals surface area contributed by atoms with Gasteiger partial charge in [0.2, 0.25) is 5.91 Å². The van der Waals surface area contributed by atoms with Crippen LogP contribution in [0.1, 0.15) is 32.6 Å². The van der Waals surface area contributed by atoms with E-state index in [2.05, 4.69) is 11.9 Å². The summed E-state index contributed by atoms with van der Waals surface area (Å²) < 4.78 is 5.56. The second-order valence-corrected chi connectivity index (χ2v) is 6.15. The molecule has 0 saturated heterocycles. The molecule has 0 aromatic heterocycles. The predicted octanol–water partition coefficient (Wildman–Crippen LogP) is 3.47. The predicted molar refractivity (Wildman–Crippen MR) is 88.5 cm³/mol. The third-order valence-corrected chi connectivity index (χ3v) is 4.03. The van der Waals surface area contributed by atoms with E-state index in [1.807, 2.05) is 25.1 Å². The van der Waals surface area contributed by atoms with Crippen LogP contribution in [0.3, 0.4) is 0 Å². The number of benzene rings is 1. The van der Waals surface area contributed by atoms with Gasteiger partial charge < -0.3 is 15.2 Å². The molecule has 0 bridgehead atoms. The van der Waals surface area contributed by atoms with Gasteiger partial charge in [-0.05, 0) is 50.3 Å². The first-order chi connectivity index (χ1) is 11.0. The lowest BCUT2D eigenvalue weighted by molar-refractivity contribution is -0.143. The standard InChI is InChI=1S/C18H23NO4/c1-12(2)11-23-16-5-3-4-15(10-16)19-17(20)13-6-8-14(9-7-13)18(21)22/h3-5,10,13-14H,1,6-9,11H2,2H3,(H,19,20)(H,21,22). The molecule has 0 radical (unpaired) electrons. The highest BCUT2D eigenvalue weighted by Crippen LogP contribution is 2.30. The number of aliphatic carboxylic acids is 1. The fourth-order valence-electron chi connectivity index (χ4n) is 2.72. The highest BCUT2D eigenvalue weighted by molar-refractivity contribution is 5.92. The van der Waals surface area contributed by atoms with Gasteiger partial charge >= 0.3 is 5.97 Å².